The Morgan fingerprint density at radius 1 is 1.38 bits per heavy atom. The van der Waals surface area contributed by atoms with Crippen molar-refractivity contribution >= 4 is 18.3 Å². The lowest BCUT2D eigenvalue weighted by molar-refractivity contribution is -0.126. The van der Waals surface area contributed by atoms with Gasteiger partial charge in [-0.25, -0.2) is 4.98 Å². The molecule has 1 atom stereocenters. The van der Waals surface area contributed by atoms with E-state index in [4.69, 9.17) is 10.5 Å². The summed E-state index contributed by atoms with van der Waals surface area (Å²) in [5.74, 6) is 0.474. The van der Waals surface area contributed by atoms with Gasteiger partial charge in [-0.05, 0) is 25.3 Å². The topological polar surface area (TPSA) is 77.2 Å². The van der Waals surface area contributed by atoms with Crippen LogP contribution in [-0.2, 0) is 11.3 Å². The Hall–Kier alpha value is -1.33. The van der Waals surface area contributed by atoms with Gasteiger partial charge >= 0.3 is 0 Å². The van der Waals surface area contributed by atoms with Gasteiger partial charge in [0, 0.05) is 18.8 Å². The van der Waals surface area contributed by atoms with Crippen LogP contribution < -0.4 is 15.8 Å². The predicted molar refractivity (Wildman–Crippen MR) is 86.6 cm³/mol. The van der Waals surface area contributed by atoms with Crippen LogP contribution in [-0.4, -0.2) is 23.0 Å². The van der Waals surface area contributed by atoms with E-state index >= 15 is 0 Å². The minimum absolute atomic E-state index is 0. The number of carbonyl (C=O) groups excluding carboxylic acids is 1. The van der Waals surface area contributed by atoms with Crippen LogP contribution in [0, 0.1) is 0 Å². The van der Waals surface area contributed by atoms with E-state index in [1.54, 1.807) is 13.1 Å². The van der Waals surface area contributed by atoms with E-state index in [-0.39, 0.29) is 18.3 Å². The highest BCUT2D eigenvalue weighted by Crippen LogP contribution is 2.10. The Kier molecular flexibility index (Phi) is 8.97. The molecule has 1 aromatic heterocycles. The summed E-state index contributed by atoms with van der Waals surface area (Å²) >= 11 is 0. The van der Waals surface area contributed by atoms with Crippen LogP contribution in [0.4, 0.5) is 0 Å². The van der Waals surface area contributed by atoms with Crippen molar-refractivity contribution < 1.29 is 9.53 Å². The molecule has 0 aliphatic rings. The maximum Gasteiger partial charge on any atom is 0.240 e. The number of aromatic nitrogens is 1. The van der Waals surface area contributed by atoms with Gasteiger partial charge in [-0.3, -0.25) is 4.79 Å². The van der Waals surface area contributed by atoms with E-state index in [0.717, 1.165) is 18.4 Å². The number of amides is 1. The lowest BCUT2D eigenvalue weighted by atomic mass is 9.96. The summed E-state index contributed by atoms with van der Waals surface area (Å²) < 4.78 is 5.40. The van der Waals surface area contributed by atoms with Crippen molar-refractivity contribution in [3.05, 3.63) is 23.9 Å². The second-order valence-electron chi connectivity index (χ2n) is 5.20. The molecule has 21 heavy (non-hydrogen) atoms. The molecule has 6 heteroatoms. The molecule has 0 saturated heterocycles. The molecular weight excluding hydrogens is 290 g/mol. The fraction of sp³-hybridized carbons (Fsp3) is 0.600. The zero-order chi connectivity index (χ0) is 15.0. The van der Waals surface area contributed by atoms with Crippen molar-refractivity contribution in [1.29, 1.82) is 0 Å². The SMILES string of the molecule is CCCOc1ccc(CNC(=O)C(C)(N)CCC)cn1.Cl. The van der Waals surface area contributed by atoms with Crippen LogP contribution in [0.15, 0.2) is 18.3 Å². The number of nitrogens with two attached hydrogens (primary N) is 1. The number of carbonyl (C=O) groups is 1. The maximum absolute atomic E-state index is 12.0. The molecule has 1 unspecified atom stereocenters. The molecule has 0 aliphatic carbocycles. The smallest absolute Gasteiger partial charge is 0.240 e. The molecule has 0 saturated carbocycles. The van der Waals surface area contributed by atoms with E-state index in [2.05, 4.69) is 10.3 Å². The third-order valence-electron chi connectivity index (χ3n) is 2.99. The van der Waals surface area contributed by atoms with E-state index in [1.807, 2.05) is 26.0 Å². The largest absolute Gasteiger partial charge is 0.478 e. The van der Waals surface area contributed by atoms with Crippen LogP contribution in [0.5, 0.6) is 5.88 Å². The predicted octanol–water partition coefficient (Wildman–Crippen LogP) is 2.43. The lowest BCUT2D eigenvalue weighted by Gasteiger charge is -2.22. The van der Waals surface area contributed by atoms with Gasteiger partial charge in [-0.2, -0.15) is 0 Å². The number of halogens is 1. The molecule has 0 fully saturated rings. The monoisotopic (exact) mass is 315 g/mol. The number of pyridine rings is 1. The van der Waals surface area contributed by atoms with Gasteiger partial charge in [-0.15, -0.1) is 12.4 Å². The Morgan fingerprint density at radius 3 is 2.62 bits per heavy atom. The Balaban J connectivity index is 0.00000400. The van der Waals surface area contributed by atoms with E-state index in [9.17, 15) is 4.79 Å². The van der Waals surface area contributed by atoms with Gasteiger partial charge < -0.3 is 15.8 Å². The van der Waals surface area contributed by atoms with Gasteiger partial charge in [-0.1, -0.05) is 26.3 Å². The van der Waals surface area contributed by atoms with Crippen molar-refractivity contribution in [2.24, 2.45) is 5.73 Å². The average Bonchev–Trinajstić information content (AvgIpc) is 2.43. The molecule has 120 valence electrons. The molecule has 1 aromatic rings. The molecule has 0 radical (unpaired) electrons. The first-order valence-electron chi connectivity index (χ1n) is 7.14. The van der Waals surface area contributed by atoms with Crippen molar-refractivity contribution in [3.8, 4) is 5.88 Å². The van der Waals surface area contributed by atoms with E-state index in [1.165, 1.54) is 0 Å². The molecule has 0 aliphatic heterocycles. The fourth-order valence-electron chi connectivity index (χ4n) is 1.82. The van der Waals surface area contributed by atoms with Crippen LogP contribution in [0.3, 0.4) is 0 Å². The van der Waals surface area contributed by atoms with E-state index in [0.29, 0.717) is 25.5 Å². The first-order chi connectivity index (χ1) is 9.49. The molecule has 5 nitrogen and oxygen atoms in total. The number of ether oxygens (including phenoxy) is 1. The summed E-state index contributed by atoms with van der Waals surface area (Å²) in [7, 11) is 0. The second-order valence-corrected chi connectivity index (χ2v) is 5.20. The second kappa shape index (κ2) is 9.58. The van der Waals surface area contributed by atoms with Crippen LogP contribution in [0.1, 0.15) is 45.6 Å². The highest BCUT2D eigenvalue weighted by atomic mass is 35.5. The van der Waals surface area contributed by atoms with Gasteiger partial charge in [0.15, 0.2) is 0 Å². The zero-order valence-electron chi connectivity index (χ0n) is 13.0. The molecule has 1 heterocycles. The Morgan fingerprint density at radius 2 is 2.10 bits per heavy atom. The first-order valence-corrected chi connectivity index (χ1v) is 7.14. The number of nitrogens with zero attached hydrogens (tertiary/aromatic N) is 1. The highest BCUT2D eigenvalue weighted by molar-refractivity contribution is 5.85. The van der Waals surface area contributed by atoms with Crippen molar-refractivity contribution in [2.45, 2.75) is 52.1 Å². The standard InChI is InChI=1S/C15H25N3O2.ClH/c1-4-8-15(3,16)14(19)18-11-12-6-7-13(17-10-12)20-9-5-2;/h6-7,10H,4-5,8-9,11,16H2,1-3H3,(H,18,19);1H. The number of hydrogen-bond acceptors (Lipinski definition) is 4. The van der Waals surface area contributed by atoms with Crippen LogP contribution >= 0.6 is 12.4 Å². The summed E-state index contributed by atoms with van der Waals surface area (Å²) in [6.07, 6.45) is 4.21. The normalized spacial score (nSPS) is 13.0. The molecule has 3 N–H and O–H groups in total. The molecule has 0 spiro atoms. The van der Waals surface area contributed by atoms with Crippen LogP contribution in [0.2, 0.25) is 0 Å². The Bertz CT molecular complexity index is 421. The number of rotatable bonds is 8. The molecular formula is C15H26ClN3O2. The van der Waals surface area contributed by atoms with Gasteiger partial charge in [0.25, 0.3) is 0 Å². The fourth-order valence-corrected chi connectivity index (χ4v) is 1.82. The summed E-state index contributed by atoms with van der Waals surface area (Å²) in [5.41, 5.74) is 6.08. The number of nitrogens with one attached hydrogen (secondary N) is 1. The third kappa shape index (κ3) is 6.78. The zero-order valence-corrected chi connectivity index (χ0v) is 13.8. The highest BCUT2D eigenvalue weighted by Gasteiger charge is 2.26. The Labute approximate surface area is 133 Å². The lowest BCUT2D eigenvalue weighted by Crippen LogP contribution is -2.51. The van der Waals surface area contributed by atoms with Gasteiger partial charge in [0.1, 0.15) is 0 Å². The average molecular weight is 316 g/mol. The quantitative estimate of drug-likeness (QED) is 0.772. The summed E-state index contributed by atoms with van der Waals surface area (Å²) in [6, 6.07) is 3.71. The summed E-state index contributed by atoms with van der Waals surface area (Å²) in [5, 5.41) is 2.84. The third-order valence-corrected chi connectivity index (χ3v) is 2.99. The maximum atomic E-state index is 12.0. The van der Waals surface area contributed by atoms with E-state index < -0.39 is 5.54 Å². The van der Waals surface area contributed by atoms with Gasteiger partial charge in [0.05, 0.1) is 12.1 Å². The van der Waals surface area contributed by atoms with Gasteiger partial charge in [0.2, 0.25) is 11.8 Å². The first kappa shape index (κ1) is 19.7. The molecule has 0 bridgehead atoms. The molecule has 1 rings (SSSR count). The van der Waals surface area contributed by atoms with Crippen LogP contribution in [0.25, 0.3) is 0 Å². The summed E-state index contributed by atoms with van der Waals surface area (Å²) in [4.78, 5) is 16.1. The molecule has 0 aromatic carbocycles. The van der Waals surface area contributed by atoms with Crippen molar-refractivity contribution in [1.82, 2.24) is 10.3 Å². The van der Waals surface area contributed by atoms with Crippen molar-refractivity contribution in [3.63, 3.8) is 0 Å². The minimum atomic E-state index is -0.813. The molecule has 1 amide bonds. The van der Waals surface area contributed by atoms with Crippen molar-refractivity contribution in [2.75, 3.05) is 6.61 Å². The minimum Gasteiger partial charge on any atom is -0.478 e. The summed E-state index contributed by atoms with van der Waals surface area (Å²) in [6.45, 7) is 6.90. The number of hydrogen-bond donors (Lipinski definition) is 2.